The van der Waals surface area contributed by atoms with E-state index in [2.05, 4.69) is 30.2 Å². The number of fused-ring (bicyclic) bond motifs is 3. The van der Waals surface area contributed by atoms with Crippen LogP contribution in [0.4, 0.5) is 5.82 Å². The number of rotatable bonds is 0. The largest absolute Gasteiger partial charge is 0.454 e. The lowest BCUT2D eigenvalue weighted by Gasteiger charge is -2.17. The number of aromatic nitrogens is 1. The van der Waals surface area contributed by atoms with E-state index in [0.29, 0.717) is 6.79 Å². The van der Waals surface area contributed by atoms with Crippen molar-refractivity contribution < 1.29 is 9.47 Å². The first-order valence-electron chi connectivity index (χ1n) is 6.12. The second kappa shape index (κ2) is 3.07. The van der Waals surface area contributed by atoms with Gasteiger partial charge in [0.2, 0.25) is 6.79 Å². The highest BCUT2D eigenvalue weighted by molar-refractivity contribution is 5.86. The van der Waals surface area contributed by atoms with E-state index in [1.54, 1.807) is 0 Å². The zero-order valence-corrected chi connectivity index (χ0v) is 10.4. The summed E-state index contributed by atoms with van der Waals surface area (Å²) in [5.41, 5.74) is 2.30. The van der Waals surface area contributed by atoms with Gasteiger partial charge in [-0.2, -0.15) is 0 Å². The van der Waals surface area contributed by atoms with Crippen LogP contribution in [-0.4, -0.2) is 17.3 Å². The Morgan fingerprint density at radius 2 is 1.94 bits per heavy atom. The summed E-state index contributed by atoms with van der Waals surface area (Å²) in [5.74, 6) is 2.59. The molecule has 0 unspecified atom stereocenters. The van der Waals surface area contributed by atoms with Gasteiger partial charge < -0.3 is 14.8 Å². The molecule has 0 spiro atoms. The molecule has 1 N–H and O–H groups in total. The summed E-state index contributed by atoms with van der Waals surface area (Å²) in [5, 5.41) is 4.56. The minimum Gasteiger partial charge on any atom is -0.454 e. The van der Waals surface area contributed by atoms with Gasteiger partial charge in [-0.05, 0) is 38.0 Å². The Morgan fingerprint density at radius 3 is 2.78 bits per heavy atom. The number of anilines is 1. The number of hydrogen-bond acceptors (Lipinski definition) is 4. The lowest BCUT2D eigenvalue weighted by Crippen LogP contribution is -2.27. The summed E-state index contributed by atoms with van der Waals surface area (Å²) in [6.07, 6.45) is 1.000. The van der Waals surface area contributed by atoms with Gasteiger partial charge in [0.1, 0.15) is 5.82 Å². The van der Waals surface area contributed by atoms with Crippen LogP contribution < -0.4 is 14.8 Å². The van der Waals surface area contributed by atoms with Crippen molar-refractivity contribution in [3.63, 3.8) is 0 Å². The molecule has 0 aliphatic carbocycles. The zero-order valence-electron chi connectivity index (χ0n) is 10.4. The van der Waals surface area contributed by atoms with Crippen molar-refractivity contribution in [3.8, 4) is 11.5 Å². The Bertz CT molecular complexity index is 610. The van der Waals surface area contributed by atoms with Crippen LogP contribution in [0.15, 0.2) is 18.2 Å². The van der Waals surface area contributed by atoms with Crippen molar-refractivity contribution in [2.75, 3.05) is 12.1 Å². The van der Waals surface area contributed by atoms with Crippen molar-refractivity contribution >= 4 is 16.7 Å². The molecule has 0 atom stereocenters. The Labute approximate surface area is 105 Å². The fourth-order valence-corrected chi connectivity index (χ4v) is 2.69. The van der Waals surface area contributed by atoms with Crippen LogP contribution in [0.5, 0.6) is 11.5 Å². The van der Waals surface area contributed by atoms with Gasteiger partial charge in [-0.3, -0.25) is 0 Å². The van der Waals surface area contributed by atoms with Crippen molar-refractivity contribution in [2.24, 2.45) is 0 Å². The smallest absolute Gasteiger partial charge is 0.231 e. The van der Waals surface area contributed by atoms with Crippen molar-refractivity contribution in [2.45, 2.75) is 25.8 Å². The third kappa shape index (κ3) is 1.35. The molecule has 4 heteroatoms. The van der Waals surface area contributed by atoms with Crippen LogP contribution in [0.1, 0.15) is 19.4 Å². The molecule has 1 aromatic heterocycles. The highest BCUT2D eigenvalue weighted by atomic mass is 16.7. The fourth-order valence-electron chi connectivity index (χ4n) is 2.69. The van der Waals surface area contributed by atoms with Gasteiger partial charge in [-0.1, -0.05) is 0 Å². The van der Waals surface area contributed by atoms with E-state index < -0.39 is 0 Å². The highest BCUT2D eigenvalue weighted by Crippen LogP contribution is 2.38. The summed E-state index contributed by atoms with van der Waals surface area (Å²) in [4.78, 5) is 4.68. The number of benzene rings is 1. The number of nitrogens with one attached hydrogen (secondary N) is 1. The Balaban J connectivity index is 1.93. The third-order valence-electron chi connectivity index (χ3n) is 3.48. The summed E-state index contributed by atoms with van der Waals surface area (Å²) in [6.45, 7) is 4.67. The van der Waals surface area contributed by atoms with Crippen LogP contribution in [0.3, 0.4) is 0 Å². The van der Waals surface area contributed by atoms with Gasteiger partial charge in [0, 0.05) is 17.0 Å². The van der Waals surface area contributed by atoms with E-state index in [4.69, 9.17) is 9.47 Å². The molecule has 2 aromatic rings. The van der Waals surface area contributed by atoms with E-state index in [1.165, 1.54) is 5.56 Å². The molecule has 0 saturated carbocycles. The van der Waals surface area contributed by atoms with E-state index in [0.717, 1.165) is 34.6 Å². The van der Waals surface area contributed by atoms with Gasteiger partial charge in [0.15, 0.2) is 11.5 Å². The van der Waals surface area contributed by atoms with E-state index >= 15 is 0 Å². The highest BCUT2D eigenvalue weighted by Gasteiger charge is 2.29. The molecule has 0 saturated heterocycles. The lowest BCUT2D eigenvalue weighted by molar-refractivity contribution is 0.174. The van der Waals surface area contributed by atoms with Crippen LogP contribution in [0, 0.1) is 0 Å². The average molecular weight is 242 g/mol. The standard InChI is InChI=1S/C14H14N2O2/c1-14(2)6-9-3-8-4-11-12(18-7-17-11)5-10(8)15-13(9)16-14/h3-5H,6-7H2,1-2H3,(H,15,16). The molecule has 1 aromatic carbocycles. The normalized spacial score (nSPS) is 18.8. The predicted octanol–water partition coefficient (Wildman–Crippen LogP) is 2.71. The molecule has 4 rings (SSSR count). The summed E-state index contributed by atoms with van der Waals surface area (Å²) >= 11 is 0. The molecule has 0 fully saturated rings. The number of pyridine rings is 1. The minimum absolute atomic E-state index is 0.0858. The van der Waals surface area contributed by atoms with Crippen LogP contribution >= 0.6 is 0 Å². The molecule has 18 heavy (non-hydrogen) atoms. The minimum atomic E-state index is 0.0858. The van der Waals surface area contributed by atoms with Crippen LogP contribution in [-0.2, 0) is 6.42 Å². The fraction of sp³-hybridized carbons (Fsp3) is 0.357. The molecule has 92 valence electrons. The molecular formula is C14H14N2O2. The molecule has 2 aliphatic rings. The SMILES string of the molecule is CC1(C)Cc2cc3cc4c(cc3nc2N1)OCO4. The molecule has 0 bridgehead atoms. The summed E-state index contributed by atoms with van der Waals surface area (Å²) in [6, 6.07) is 6.16. The first-order chi connectivity index (χ1) is 8.61. The van der Waals surface area contributed by atoms with Crippen molar-refractivity contribution in [1.82, 2.24) is 4.98 Å². The van der Waals surface area contributed by atoms with Gasteiger partial charge in [0.05, 0.1) is 5.52 Å². The van der Waals surface area contributed by atoms with Gasteiger partial charge in [-0.25, -0.2) is 4.98 Å². The number of nitrogens with zero attached hydrogens (tertiary/aromatic N) is 1. The third-order valence-corrected chi connectivity index (χ3v) is 3.48. The quantitative estimate of drug-likeness (QED) is 0.771. The maximum absolute atomic E-state index is 5.40. The van der Waals surface area contributed by atoms with Gasteiger partial charge in [0.25, 0.3) is 0 Å². The molecular weight excluding hydrogens is 228 g/mol. The first kappa shape index (κ1) is 10.00. The Hall–Kier alpha value is -1.97. The molecule has 4 nitrogen and oxygen atoms in total. The number of ether oxygens (including phenoxy) is 2. The number of hydrogen-bond donors (Lipinski definition) is 1. The van der Waals surface area contributed by atoms with E-state index in [-0.39, 0.29) is 5.54 Å². The maximum Gasteiger partial charge on any atom is 0.231 e. The van der Waals surface area contributed by atoms with Crippen LogP contribution in [0.25, 0.3) is 10.9 Å². The van der Waals surface area contributed by atoms with Gasteiger partial charge >= 0.3 is 0 Å². The van der Waals surface area contributed by atoms with Crippen molar-refractivity contribution in [3.05, 3.63) is 23.8 Å². The predicted molar refractivity (Wildman–Crippen MR) is 69.3 cm³/mol. The lowest BCUT2D eigenvalue weighted by atomic mass is 10.00. The van der Waals surface area contributed by atoms with E-state index in [1.807, 2.05) is 12.1 Å². The Kier molecular flexibility index (Phi) is 1.71. The zero-order chi connectivity index (χ0) is 12.3. The second-order valence-corrected chi connectivity index (χ2v) is 5.58. The Morgan fingerprint density at radius 1 is 1.17 bits per heavy atom. The average Bonchev–Trinajstić information content (AvgIpc) is 2.83. The monoisotopic (exact) mass is 242 g/mol. The molecule has 2 aliphatic heterocycles. The molecule has 0 amide bonds. The van der Waals surface area contributed by atoms with E-state index in [9.17, 15) is 0 Å². The second-order valence-electron chi connectivity index (χ2n) is 5.58. The van der Waals surface area contributed by atoms with Gasteiger partial charge in [-0.15, -0.1) is 0 Å². The maximum atomic E-state index is 5.40. The molecule has 3 heterocycles. The molecule has 0 radical (unpaired) electrons. The first-order valence-corrected chi connectivity index (χ1v) is 6.12. The summed E-state index contributed by atoms with van der Waals surface area (Å²) in [7, 11) is 0. The topological polar surface area (TPSA) is 43.4 Å². The summed E-state index contributed by atoms with van der Waals surface area (Å²) < 4.78 is 10.8. The van der Waals surface area contributed by atoms with Crippen molar-refractivity contribution in [1.29, 1.82) is 0 Å². The van der Waals surface area contributed by atoms with Crippen LogP contribution in [0.2, 0.25) is 0 Å².